The van der Waals surface area contributed by atoms with E-state index in [0.717, 1.165) is 25.0 Å². The Morgan fingerprint density at radius 1 is 1.29 bits per heavy atom. The first kappa shape index (κ1) is 24.2. The molecule has 9 heteroatoms. The fraction of sp³-hybridized carbons (Fsp3) is 0.579. The molecule has 1 aromatic rings. The molecule has 2 amide bonds. The second-order valence-corrected chi connectivity index (χ2v) is 6.98. The highest BCUT2D eigenvalue weighted by Crippen LogP contribution is 2.31. The SMILES string of the molecule is CC(CC(=O)N1CCCC(C(=O)NCCN)C1)c1ccc(C(F)(F)F)cc1.Cl. The first-order chi connectivity index (χ1) is 12.7. The number of halogens is 4. The summed E-state index contributed by atoms with van der Waals surface area (Å²) in [6, 6.07) is 4.91. The number of hydrogen-bond acceptors (Lipinski definition) is 3. The first-order valence-corrected chi connectivity index (χ1v) is 9.15. The van der Waals surface area contributed by atoms with Gasteiger partial charge in [0.15, 0.2) is 0 Å². The van der Waals surface area contributed by atoms with Gasteiger partial charge in [0.2, 0.25) is 11.8 Å². The van der Waals surface area contributed by atoms with E-state index >= 15 is 0 Å². The molecular weight excluding hydrogens is 395 g/mol. The average Bonchev–Trinajstić information content (AvgIpc) is 2.65. The Morgan fingerprint density at radius 3 is 2.50 bits per heavy atom. The summed E-state index contributed by atoms with van der Waals surface area (Å²) in [6.45, 7) is 3.56. The van der Waals surface area contributed by atoms with E-state index in [9.17, 15) is 22.8 Å². The lowest BCUT2D eigenvalue weighted by molar-refractivity contribution is -0.138. The Kier molecular flexibility index (Phi) is 9.23. The van der Waals surface area contributed by atoms with Crippen molar-refractivity contribution < 1.29 is 22.8 Å². The van der Waals surface area contributed by atoms with Gasteiger partial charge in [0, 0.05) is 32.6 Å². The molecule has 2 rings (SSSR count). The van der Waals surface area contributed by atoms with Gasteiger partial charge in [-0.15, -0.1) is 12.4 Å². The van der Waals surface area contributed by atoms with Gasteiger partial charge in [-0.05, 0) is 36.5 Å². The van der Waals surface area contributed by atoms with Gasteiger partial charge in [0.25, 0.3) is 0 Å². The van der Waals surface area contributed by atoms with Gasteiger partial charge in [-0.1, -0.05) is 19.1 Å². The molecule has 0 saturated carbocycles. The van der Waals surface area contributed by atoms with Crippen LogP contribution in [0.25, 0.3) is 0 Å². The maximum atomic E-state index is 12.7. The molecule has 158 valence electrons. The van der Waals surface area contributed by atoms with Gasteiger partial charge in [-0.3, -0.25) is 9.59 Å². The fourth-order valence-electron chi connectivity index (χ4n) is 3.27. The molecule has 1 heterocycles. The normalized spacial score (nSPS) is 18.2. The van der Waals surface area contributed by atoms with Crippen LogP contribution in [-0.2, 0) is 15.8 Å². The molecule has 0 radical (unpaired) electrons. The van der Waals surface area contributed by atoms with Gasteiger partial charge < -0.3 is 16.0 Å². The van der Waals surface area contributed by atoms with Gasteiger partial charge in [-0.2, -0.15) is 13.2 Å². The van der Waals surface area contributed by atoms with Crippen LogP contribution in [0, 0.1) is 5.92 Å². The molecule has 1 aromatic carbocycles. The number of amides is 2. The predicted molar refractivity (Wildman–Crippen MR) is 103 cm³/mol. The molecule has 1 saturated heterocycles. The minimum Gasteiger partial charge on any atom is -0.355 e. The molecule has 5 nitrogen and oxygen atoms in total. The van der Waals surface area contributed by atoms with E-state index in [2.05, 4.69) is 5.32 Å². The average molecular weight is 422 g/mol. The summed E-state index contributed by atoms with van der Waals surface area (Å²) in [5.74, 6) is -0.616. The minimum atomic E-state index is -4.37. The summed E-state index contributed by atoms with van der Waals surface area (Å²) in [5.41, 5.74) is 5.37. The van der Waals surface area contributed by atoms with E-state index in [0.29, 0.717) is 31.7 Å². The number of alkyl halides is 3. The molecule has 1 aliphatic rings. The number of rotatable bonds is 6. The standard InChI is InChI=1S/C19H26F3N3O2.ClH/c1-13(14-4-6-16(7-5-14)19(20,21)22)11-17(26)25-10-2-3-15(12-25)18(27)24-9-8-23;/h4-7,13,15H,2-3,8-12,23H2,1H3,(H,24,27);1H. The lowest BCUT2D eigenvalue weighted by Gasteiger charge is -2.32. The highest BCUT2D eigenvalue weighted by Gasteiger charge is 2.31. The van der Waals surface area contributed by atoms with Crippen LogP contribution in [0.15, 0.2) is 24.3 Å². The van der Waals surface area contributed by atoms with Crippen LogP contribution in [-0.4, -0.2) is 42.9 Å². The number of nitrogens with two attached hydrogens (primary N) is 1. The van der Waals surface area contributed by atoms with Crippen LogP contribution < -0.4 is 11.1 Å². The smallest absolute Gasteiger partial charge is 0.355 e. The summed E-state index contributed by atoms with van der Waals surface area (Å²) in [7, 11) is 0. The summed E-state index contributed by atoms with van der Waals surface area (Å²) < 4.78 is 38.0. The highest BCUT2D eigenvalue weighted by molar-refractivity contribution is 5.85. The summed E-state index contributed by atoms with van der Waals surface area (Å²) in [4.78, 5) is 26.3. The molecule has 2 unspecified atom stereocenters. The zero-order chi connectivity index (χ0) is 20.0. The highest BCUT2D eigenvalue weighted by atomic mass is 35.5. The third kappa shape index (κ3) is 6.67. The fourth-order valence-corrected chi connectivity index (χ4v) is 3.27. The number of likely N-dealkylation sites (tertiary alicyclic amines) is 1. The van der Waals surface area contributed by atoms with E-state index in [4.69, 9.17) is 5.73 Å². The molecule has 0 spiro atoms. The Bertz CT molecular complexity index is 653. The van der Waals surface area contributed by atoms with Crippen molar-refractivity contribution in [3.8, 4) is 0 Å². The molecule has 0 aromatic heterocycles. The number of hydrogen-bond donors (Lipinski definition) is 2. The number of carbonyl (C=O) groups excluding carboxylic acids is 2. The van der Waals surface area contributed by atoms with Gasteiger partial charge in [0.1, 0.15) is 0 Å². The third-order valence-corrected chi connectivity index (χ3v) is 4.88. The van der Waals surface area contributed by atoms with Crippen LogP contribution >= 0.6 is 12.4 Å². The van der Waals surface area contributed by atoms with Gasteiger partial charge in [-0.25, -0.2) is 0 Å². The summed E-state index contributed by atoms with van der Waals surface area (Å²) in [5, 5.41) is 2.75. The largest absolute Gasteiger partial charge is 0.416 e. The number of carbonyl (C=O) groups is 2. The number of nitrogens with zero attached hydrogens (tertiary/aromatic N) is 1. The monoisotopic (exact) mass is 421 g/mol. The van der Waals surface area contributed by atoms with Crippen molar-refractivity contribution in [2.24, 2.45) is 11.7 Å². The van der Waals surface area contributed by atoms with Crippen LogP contribution in [0.3, 0.4) is 0 Å². The van der Waals surface area contributed by atoms with Crippen molar-refractivity contribution in [3.05, 3.63) is 35.4 Å². The van der Waals surface area contributed by atoms with Crippen molar-refractivity contribution in [2.75, 3.05) is 26.2 Å². The molecule has 0 aliphatic carbocycles. The van der Waals surface area contributed by atoms with Crippen molar-refractivity contribution in [1.29, 1.82) is 0 Å². The lowest BCUT2D eigenvalue weighted by atomic mass is 9.93. The number of benzene rings is 1. The van der Waals surface area contributed by atoms with Crippen LogP contribution in [0.4, 0.5) is 13.2 Å². The second-order valence-electron chi connectivity index (χ2n) is 6.98. The van der Waals surface area contributed by atoms with E-state index in [-0.39, 0.29) is 42.5 Å². The van der Waals surface area contributed by atoms with Crippen molar-refractivity contribution >= 4 is 24.2 Å². The Hall–Kier alpha value is -1.80. The number of nitrogens with one attached hydrogen (secondary N) is 1. The molecule has 28 heavy (non-hydrogen) atoms. The van der Waals surface area contributed by atoms with Crippen molar-refractivity contribution in [2.45, 2.75) is 38.3 Å². The zero-order valence-corrected chi connectivity index (χ0v) is 16.6. The van der Waals surface area contributed by atoms with E-state index in [1.54, 1.807) is 4.90 Å². The molecule has 2 atom stereocenters. The van der Waals surface area contributed by atoms with E-state index in [1.807, 2.05) is 6.92 Å². The zero-order valence-electron chi connectivity index (χ0n) is 15.8. The van der Waals surface area contributed by atoms with Gasteiger partial charge in [0.05, 0.1) is 11.5 Å². The lowest BCUT2D eigenvalue weighted by Crippen LogP contribution is -2.46. The molecular formula is C19H27ClF3N3O2. The molecule has 3 N–H and O–H groups in total. The van der Waals surface area contributed by atoms with Gasteiger partial charge >= 0.3 is 6.18 Å². The Balaban J connectivity index is 0.00000392. The Labute approximate surface area is 169 Å². The van der Waals surface area contributed by atoms with E-state index < -0.39 is 11.7 Å². The summed E-state index contributed by atoms with van der Waals surface area (Å²) >= 11 is 0. The minimum absolute atomic E-state index is 0. The van der Waals surface area contributed by atoms with Crippen molar-refractivity contribution in [1.82, 2.24) is 10.2 Å². The third-order valence-electron chi connectivity index (χ3n) is 4.88. The predicted octanol–water partition coefficient (Wildman–Crippen LogP) is 2.93. The molecule has 1 fully saturated rings. The first-order valence-electron chi connectivity index (χ1n) is 9.15. The molecule has 1 aliphatic heterocycles. The molecule has 0 bridgehead atoms. The van der Waals surface area contributed by atoms with Crippen LogP contribution in [0.1, 0.15) is 43.2 Å². The maximum Gasteiger partial charge on any atom is 0.416 e. The Morgan fingerprint density at radius 2 is 1.93 bits per heavy atom. The second kappa shape index (κ2) is 10.7. The van der Waals surface area contributed by atoms with Crippen LogP contribution in [0.2, 0.25) is 0 Å². The topological polar surface area (TPSA) is 75.4 Å². The van der Waals surface area contributed by atoms with E-state index in [1.165, 1.54) is 12.1 Å². The van der Waals surface area contributed by atoms with Crippen molar-refractivity contribution in [3.63, 3.8) is 0 Å². The number of piperidine rings is 1. The summed E-state index contributed by atoms with van der Waals surface area (Å²) in [6.07, 6.45) is -2.69. The van der Waals surface area contributed by atoms with Crippen LogP contribution in [0.5, 0.6) is 0 Å². The quantitative estimate of drug-likeness (QED) is 0.741. The maximum absolute atomic E-state index is 12.7.